The molecule has 0 spiro atoms. The van der Waals surface area contributed by atoms with Gasteiger partial charge in [-0.25, -0.2) is 4.98 Å². The van der Waals surface area contributed by atoms with Gasteiger partial charge < -0.3 is 9.88 Å². The third kappa shape index (κ3) is 2.30. The summed E-state index contributed by atoms with van der Waals surface area (Å²) >= 11 is 0. The van der Waals surface area contributed by atoms with Crippen LogP contribution in [-0.4, -0.2) is 16.1 Å². The number of hydrogen-bond donors (Lipinski definition) is 1. The summed E-state index contributed by atoms with van der Waals surface area (Å²) in [4.78, 5) is 4.62. The lowest BCUT2D eigenvalue weighted by molar-refractivity contribution is 0.368. The highest BCUT2D eigenvalue weighted by molar-refractivity contribution is 5.27. The van der Waals surface area contributed by atoms with Crippen LogP contribution in [0.1, 0.15) is 36.4 Å². The van der Waals surface area contributed by atoms with Crippen molar-refractivity contribution in [3.8, 4) is 0 Å². The van der Waals surface area contributed by atoms with Crippen LogP contribution in [0.5, 0.6) is 0 Å². The van der Waals surface area contributed by atoms with Crippen LogP contribution in [0, 0.1) is 6.92 Å². The molecule has 0 atom stereocenters. The number of hydrogen-bond acceptors (Lipinski definition) is 2. The van der Waals surface area contributed by atoms with Gasteiger partial charge in [-0.15, -0.1) is 0 Å². The number of nitrogens with zero attached hydrogens (tertiary/aromatic N) is 2. The van der Waals surface area contributed by atoms with Crippen LogP contribution in [0.15, 0.2) is 30.6 Å². The van der Waals surface area contributed by atoms with Crippen molar-refractivity contribution in [1.29, 1.82) is 0 Å². The first kappa shape index (κ1) is 12.4. The SMILES string of the molecule is Cc1ccc(Cn2cnc3c2CCNC3(C)C)cc1. The Morgan fingerprint density at radius 1 is 1.26 bits per heavy atom. The Bertz CT molecular complexity index is 579. The fourth-order valence-corrected chi connectivity index (χ4v) is 2.80. The van der Waals surface area contributed by atoms with Crippen LogP contribution in [0.3, 0.4) is 0 Å². The van der Waals surface area contributed by atoms with Crippen LogP contribution < -0.4 is 5.32 Å². The van der Waals surface area contributed by atoms with E-state index in [1.54, 1.807) is 0 Å². The van der Waals surface area contributed by atoms with E-state index in [1.807, 2.05) is 6.33 Å². The average molecular weight is 255 g/mol. The van der Waals surface area contributed by atoms with E-state index in [0.717, 1.165) is 19.5 Å². The molecule has 0 aliphatic carbocycles. The van der Waals surface area contributed by atoms with Gasteiger partial charge in [0.15, 0.2) is 0 Å². The van der Waals surface area contributed by atoms with Crippen molar-refractivity contribution in [3.63, 3.8) is 0 Å². The lowest BCUT2D eigenvalue weighted by atomic mass is 9.93. The molecule has 1 N–H and O–H groups in total. The molecule has 1 aliphatic rings. The maximum Gasteiger partial charge on any atom is 0.0955 e. The fraction of sp³-hybridized carbons (Fsp3) is 0.438. The van der Waals surface area contributed by atoms with Crippen LogP contribution in [0.25, 0.3) is 0 Å². The topological polar surface area (TPSA) is 29.9 Å². The summed E-state index contributed by atoms with van der Waals surface area (Å²) in [6, 6.07) is 8.75. The molecule has 100 valence electrons. The molecule has 3 rings (SSSR count). The first-order chi connectivity index (χ1) is 9.06. The zero-order valence-corrected chi connectivity index (χ0v) is 11.9. The number of rotatable bonds is 2. The second-order valence-corrected chi connectivity index (χ2v) is 5.96. The van der Waals surface area contributed by atoms with Crippen molar-refractivity contribution in [2.45, 2.75) is 39.3 Å². The molecule has 0 unspecified atom stereocenters. The summed E-state index contributed by atoms with van der Waals surface area (Å²) in [6.07, 6.45) is 3.05. The monoisotopic (exact) mass is 255 g/mol. The van der Waals surface area contributed by atoms with Crippen LogP contribution >= 0.6 is 0 Å². The van der Waals surface area contributed by atoms with Gasteiger partial charge in [-0.1, -0.05) is 29.8 Å². The fourth-order valence-electron chi connectivity index (χ4n) is 2.80. The zero-order valence-electron chi connectivity index (χ0n) is 11.9. The van der Waals surface area contributed by atoms with Crippen molar-refractivity contribution in [2.75, 3.05) is 6.54 Å². The molecule has 0 saturated carbocycles. The first-order valence-corrected chi connectivity index (χ1v) is 6.91. The molecule has 1 aromatic carbocycles. The Kier molecular flexibility index (Phi) is 2.94. The van der Waals surface area contributed by atoms with Crippen molar-refractivity contribution in [2.24, 2.45) is 0 Å². The van der Waals surface area contributed by atoms with E-state index < -0.39 is 0 Å². The molecule has 2 aromatic rings. The minimum absolute atomic E-state index is 0.00783. The largest absolute Gasteiger partial charge is 0.330 e. The standard InChI is InChI=1S/C16H21N3/c1-12-4-6-13(7-5-12)10-19-11-17-15-14(19)8-9-18-16(15,2)3/h4-7,11,18H,8-10H2,1-3H3. The van der Waals surface area contributed by atoms with Crippen LogP contribution in [-0.2, 0) is 18.5 Å². The molecule has 0 amide bonds. The molecule has 0 bridgehead atoms. The van der Waals surface area contributed by atoms with Crippen molar-refractivity contribution < 1.29 is 0 Å². The van der Waals surface area contributed by atoms with Gasteiger partial charge >= 0.3 is 0 Å². The molecule has 0 radical (unpaired) electrons. The van der Waals surface area contributed by atoms with E-state index >= 15 is 0 Å². The highest BCUT2D eigenvalue weighted by Crippen LogP contribution is 2.26. The van der Waals surface area contributed by atoms with Gasteiger partial charge in [0.05, 0.1) is 17.6 Å². The second kappa shape index (κ2) is 4.49. The van der Waals surface area contributed by atoms with Gasteiger partial charge in [-0.05, 0) is 26.3 Å². The van der Waals surface area contributed by atoms with E-state index in [2.05, 4.69) is 59.9 Å². The summed E-state index contributed by atoms with van der Waals surface area (Å²) in [5.74, 6) is 0. The molecular weight excluding hydrogens is 234 g/mol. The normalized spacial score (nSPS) is 17.2. The van der Waals surface area contributed by atoms with Crippen molar-refractivity contribution in [3.05, 3.63) is 53.1 Å². The zero-order chi connectivity index (χ0) is 13.5. The van der Waals surface area contributed by atoms with E-state index in [4.69, 9.17) is 0 Å². The number of aryl methyl sites for hydroxylation is 1. The van der Waals surface area contributed by atoms with Crippen molar-refractivity contribution >= 4 is 0 Å². The summed E-state index contributed by atoms with van der Waals surface area (Å²) in [5, 5.41) is 3.52. The minimum Gasteiger partial charge on any atom is -0.330 e. The van der Waals surface area contributed by atoms with Gasteiger partial charge in [-0.2, -0.15) is 0 Å². The average Bonchev–Trinajstić information content (AvgIpc) is 2.77. The molecule has 1 aliphatic heterocycles. The molecular formula is C16H21N3. The van der Waals surface area contributed by atoms with Crippen LogP contribution in [0.4, 0.5) is 0 Å². The molecule has 3 heteroatoms. The van der Waals surface area contributed by atoms with Crippen molar-refractivity contribution in [1.82, 2.24) is 14.9 Å². The summed E-state index contributed by atoms with van der Waals surface area (Å²) in [7, 11) is 0. The van der Waals surface area contributed by atoms with E-state index in [0.29, 0.717) is 0 Å². The maximum atomic E-state index is 4.62. The first-order valence-electron chi connectivity index (χ1n) is 6.91. The predicted octanol–water partition coefficient (Wildman–Crippen LogP) is 2.62. The Labute approximate surface area is 114 Å². The summed E-state index contributed by atoms with van der Waals surface area (Å²) < 4.78 is 2.29. The number of nitrogens with one attached hydrogen (secondary N) is 1. The number of fused-ring (bicyclic) bond motifs is 1. The molecule has 1 aromatic heterocycles. The van der Waals surface area contributed by atoms with Gasteiger partial charge in [0.1, 0.15) is 0 Å². The third-order valence-electron chi connectivity index (χ3n) is 3.94. The van der Waals surface area contributed by atoms with Crippen LogP contribution in [0.2, 0.25) is 0 Å². The van der Waals surface area contributed by atoms with E-state index in [9.17, 15) is 0 Å². The van der Waals surface area contributed by atoms with E-state index in [1.165, 1.54) is 22.5 Å². The highest BCUT2D eigenvalue weighted by atomic mass is 15.1. The van der Waals surface area contributed by atoms with Gasteiger partial charge in [0.25, 0.3) is 0 Å². The number of benzene rings is 1. The quantitative estimate of drug-likeness (QED) is 0.894. The Morgan fingerprint density at radius 3 is 2.74 bits per heavy atom. The summed E-state index contributed by atoms with van der Waals surface area (Å²) in [5.41, 5.74) is 5.21. The lowest BCUT2D eigenvalue weighted by Crippen LogP contribution is -2.43. The molecule has 0 saturated heterocycles. The Hall–Kier alpha value is -1.61. The molecule has 19 heavy (non-hydrogen) atoms. The smallest absolute Gasteiger partial charge is 0.0955 e. The summed E-state index contributed by atoms with van der Waals surface area (Å²) in [6.45, 7) is 8.47. The van der Waals surface area contributed by atoms with Gasteiger partial charge in [0, 0.05) is 25.2 Å². The van der Waals surface area contributed by atoms with E-state index in [-0.39, 0.29) is 5.54 Å². The third-order valence-corrected chi connectivity index (χ3v) is 3.94. The molecule has 0 fully saturated rings. The predicted molar refractivity (Wildman–Crippen MR) is 77.2 cm³/mol. The molecule has 2 heterocycles. The number of aromatic nitrogens is 2. The minimum atomic E-state index is -0.00783. The van der Waals surface area contributed by atoms with Gasteiger partial charge in [-0.3, -0.25) is 0 Å². The number of imidazole rings is 1. The second-order valence-electron chi connectivity index (χ2n) is 5.96. The highest BCUT2D eigenvalue weighted by Gasteiger charge is 2.30. The molecule has 3 nitrogen and oxygen atoms in total. The van der Waals surface area contributed by atoms with Gasteiger partial charge in [0.2, 0.25) is 0 Å². The maximum absolute atomic E-state index is 4.62. The Morgan fingerprint density at radius 2 is 2.00 bits per heavy atom. The lowest BCUT2D eigenvalue weighted by Gasteiger charge is -2.30. The Balaban J connectivity index is 1.91.